The number of methoxy groups -OCH3 is 1. The molecular formula is C12H18BrClN2O. The van der Waals surface area contributed by atoms with E-state index in [0.717, 1.165) is 16.6 Å². The highest BCUT2D eigenvalue weighted by atomic mass is 79.9. The molecule has 0 aromatic heterocycles. The first-order valence-electron chi connectivity index (χ1n) is 5.43. The standard InChI is InChI=1S/C12H18BrClN2O/c1-12(8-15,5-6-17-2)16-9-3-4-11(14)10(13)7-9/h3-4,7,16H,5-6,8,15H2,1-2H3. The van der Waals surface area contributed by atoms with Crippen LogP contribution in [0.15, 0.2) is 22.7 Å². The van der Waals surface area contributed by atoms with Gasteiger partial charge in [-0.2, -0.15) is 0 Å². The zero-order valence-corrected chi connectivity index (χ0v) is 12.4. The summed E-state index contributed by atoms with van der Waals surface area (Å²) in [5.74, 6) is 0. The lowest BCUT2D eigenvalue weighted by molar-refractivity contribution is 0.177. The van der Waals surface area contributed by atoms with Crippen LogP contribution in [0, 0.1) is 0 Å². The highest BCUT2D eigenvalue weighted by Gasteiger charge is 2.21. The van der Waals surface area contributed by atoms with Crippen molar-refractivity contribution in [3.05, 3.63) is 27.7 Å². The van der Waals surface area contributed by atoms with Gasteiger partial charge >= 0.3 is 0 Å². The minimum atomic E-state index is -0.177. The van der Waals surface area contributed by atoms with Crippen LogP contribution < -0.4 is 11.1 Å². The van der Waals surface area contributed by atoms with Crippen molar-refractivity contribution in [2.45, 2.75) is 18.9 Å². The van der Waals surface area contributed by atoms with E-state index in [1.807, 2.05) is 18.2 Å². The molecule has 0 aliphatic rings. The summed E-state index contributed by atoms with van der Waals surface area (Å²) in [4.78, 5) is 0. The Kier molecular flexibility index (Phi) is 5.73. The van der Waals surface area contributed by atoms with Crippen molar-refractivity contribution in [3.8, 4) is 0 Å². The quantitative estimate of drug-likeness (QED) is 0.845. The van der Waals surface area contributed by atoms with E-state index in [0.29, 0.717) is 18.2 Å². The summed E-state index contributed by atoms with van der Waals surface area (Å²) in [7, 11) is 1.69. The van der Waals surface area contributed by atoms with Gasteiger partial charge in [0.1, 0.15) is 0 Å². The number of nitrogens with two attached hydrogens (primary N) is 1. The molecule has 1 rings (SSSR count). The summed E-state index contributed by atoms with van der Waals surface area (Å²) >= 11 is 9.35. The van der Waals surface area contributed by atoms with Crippen molar-refractivity contribution in [1.29, 1.82) is 0 Å². The summed E-state index contributed by atoms with van der Waals surface area (Å²) in [6.45, 7) is 3.29. The molecule has 0 fully saturated rings. The largest absolute Gasteiger partial charge is 0.385 e. The van der Waals surface area contributed by atoms with Crippen LogP contribution in [0.25, 0.3) is 0 Å². The molecule has 96 valence electrons. The second-order valence-corrected chi connectivity index (χ2v) is 5.52. The van der Waals surface area contributed by atoms with Crippen molar-refractivity contribution in [1.82, 2.24) is 0 Å². The molecule has 0 spiro atoms. The van der Waals surface area contributed by atoms with Gasteiger partial charge in [0.05, 0.1) is 5.02 Å². The van der Waals surface area contributed by atoms with E-state index in [2.05, 4.69) is 28.2 Å². The van der Waals surface area contributed by atoms with Gasteiger partial charge in [0.2, 0.25) is 0 Å². The number of nitrogens with one attached hydrogen (secondary N) is 1. The van der Waals surface area contributed by atoms with Crippen LogP contribution in [0.1, 0.15) is 13.3 Å². The first-order valence-corrected chi connectivity index (χ1v) is 6.60. The Labute approximate surface area is 116 Å². The lowest BCUT2D eigenvalue weighted by Gasteiger charge is -2.30. The molecule has 0 aliphatic carbocycles. The lowest BCUT2D eigenvalue weighted by Crippen LogP contribution is -2.43. The SMILES string of the molecule is COCCC(C)(CN)Nc1ccc(Cl)c(Br)c1. The molecule has 1 atom stereocenters. The van der Waals surface area contributed by atoms with Gasteiger partial charge in [-0.15, -0.1) is 0 Å². The van der Waals surface area contributed by atoms with Crippen molar-refractivity contribution in [2.24, 2.45) is 5.73 Å². The van der Waals surface area contributed by atoms with E-state index in [-0.39, 0.29) is 5.54 Å². The Morgan fingerprint density at radius 2 is 2.24 bits per heavy atom. The number of anilines is 1. The molecule has 0 aliphatic heterocycles. The maximum absolute atomic E-state index is 5.95. The molecule has 0 saturated carbocycles. The van der Waals surface area contributed by atoms with Crippen LogP contribution >= 0.6 is 27.5 Å². The van der Waals surface area contributed by atoms with Crippen LogP contribution in [0.2, 0.25) is 5.02 Å². The summed E-state index contributed by atoms with van der Waals surface area (Å²) in [5, 5.41) is 4.11. The van der Waals surface area contributed by atoms with E-state index in [9.17, 15) is 0 Å². The molecule has 3 N–H and O–H groups in total. The second-order valence-electron chi connectivity index (χ2n) is 4.26. The number of benzene rings is 1. The van der Waals surface area contributed by atoms with Gasteiger partial charge < -0.3 is 15.8 Å². The topological polar surface area (TPSA) is 47.3 Å². The Morgan fingerprint density at radius 3 is 2.76 bits per heavy atom. The minimum absolute atomic E-state index is 0.177. The Morgan fingerprint density at radius 1 is 1.53 bits per heavy atom. The third-order valence-electron chi connectivity index (χ3n) is 2.67. The first-order chi connectivity index (χ1) is 8.00. The molecule has 1 unspecified atom stereocenters. The van der Waals surface area contributed by atoms with Gasteiger partial charge in [-0.25, -0.2) is 0 Å². The molecule has 17 heavy (non-hydrogen) atoms. The average Bonchev–Trinajstić information content (AvgIpc) is 2.31. The van der Waals surface area contributed by atoms with E-state index in [1.54, 1.807) is 7.11 Å². The normalized spacial score (nSPS) is 14.4. The van der Waals surface area contributed by atoms with Crippen LogP contribution in [-0.4, -0.2) is 25.8 Å². The molecule has 1 aromatic rings. The average molecular weight is 322 g/mol. The van der Waals surface area contributed by atoms with Crippen LogP contribution in [-0.2, 0) is 4.74 Å². The van der Waals surface area contributed by atoms with E-state index in [1.165, 1.54) is 0 Å². The predicted molar refractivity (Wildman–Crippen MR) is 76.7 cm³/mol. The van der Waals surface area contributed by atoms with E-state index < -0.39 is 0 Å². The Bertz CT molecular complexity index is 376. The molecule has 0 radical (unpaired) electrons. The number of ether oxygens (including phenoxy) is 1. The third kappa shape index (κ3) is 4.47. The summed E-state index contributed by atoms with van der Waals surface area (Å²) < 4.78 is 5.96. The molecule has 1 aromatic carbocycles. The van der Waals surface area contributed by atoms with Gasteiger partial charge in [0.15, 0.2) is 0 Å². The van der Waals surface area contributed by atoms with Gasteiger partial charge in [0.25, 0.3) is 0 Å². The summed E-state index contributed by atoms with van der Waals surface area (Å²) in [5.41, 5.74) is 6.62. The molecule has 5 heteroatoms. The zero-order valence-electron chi connectivity index (χ0n) is 10.1. The fourth-order valence-corrected chi connectivity index (χ4v) is 1.96. The van der Waals surface area contributed by atoms with Gasteiger partial charge in [-0.3, -0.25) is 0 Å². The molecule has 3 nitrogen and oxygen atoms in total. The third-order valence-corrected chi connectivity index (χ3v) is 3.89. The maximum Gasteiger partial charge on any atom is 0.0549 e. The number of rotatable bonds is 6. The van der Waals surface area contributed by atoms with Crippen molar-refractivity contribution in [3.63, 3.8) is 0 Å². The number of hydrogen-bond acceptors (Lipinski definition) is 3. The number of hydrogen-bond donors (Lipinski definition) is 2. The minimum Gasteiger partial charge on any atom is -0.385 e. The number of halogens is 2. The molecule has 0 bridgehead atoms. The summed E-state index contributed by atoms with van der Waals surface area (Å²) in [6, 6.07) is 5.73. The maximum atomic E-state index is 5.95. The monoisotopic (exact) mass is 320 g/mol. The highest BCUT2D eigenvalue weighted by Crippen LogP contribution is 2.27. The zero-order chi connectivity index (χ0) is 12.9. The lowest BCUT2D eigenvalue weighted by atomic mass is 9.98. The molecule has 0 heterocycles. The van der Waals surface area contributed by atoms with E-state index in [4.69, 9.17) is 22.1 Å². The van der Waals surface area contributed by atoms with Crippen molar-refractivity contribution in [2.75, 3.05) is 25.6 Å². The van der Waals surface area contributed by atoms with Crippen molar-refractivity contribution >= 4 is 33.2 Å². The predicted octanol–water partition coefficient (Wildman–Crippen LogP) is 3.27. The second kappa shape index (κ2) is 6.59. The van der Waals surface area contributed by atoms with Crippen molar-refractivity contribution < 1.29 is 4.74 Å². The van der Waals surface area contributed by atoms with Gasteiger partial charge in [0, 0.05) is 36.0 Å². The van der Waals surface area contributed by atoms with Crippen LogP contribution in [0.4, 0.5) is 5.69 Å². The molecular weight excluding hydrogens is 304 g/mol. The summed E-state index contributed by atoms with van der Waals surface area (Å²) in [6.07, 6.45) is 0.847. The Balaban J connectivity index is 2.76. The smallest absolute Gasteiger partial charge is 0.0549 e. The van der Waals surface area contributed by atoms with Gasteiger partial charge in [-0.05, 0) is 47.5 Å². The van der Waals surface area contributed by atoms with E-state index >= 15 is 0 Å². The molecule has 0 saturated heterocycles. The van der Waals surface area contributed by atoms with Crippen LogP contribution in [0.3, 0.4) is 0 Å². The van der Waals surface area contributed by atoms with Gasteiger partial charge in [-0.1, -0.05) is 11.6 Å². The Hall–Kier alpha value is -0.290. The molecule has 0 amide bonds. The highest BCUT2D eigenvalue weighted by molar-refractivity contribution is 9.10. The van der Waals surface area contributed by atoms with Crippen LogP contribution in [0.5, 0.6) is 0 Å². The first kappa shape index (κ1) is 14.8. The fourth-order valence-electron chi connectivity index (χ4n) is 1.47. The fraction of sp³-hybridized carbons (Fsp3) is 0.500.